The Kier molecular flexibility index (Phi) is 5.68. The fourth-order valence-electron chi connectivity index (χ4n) is 4.34. The number of fused-ring (bicyclic) bond motifs is 1. The first kappa shape index (κ1) is 18.8. The van der Waals surface area contributed by atoms with Crippen molar-refractivity contribution >= 4 is 39.1 Å². The topological polar surface area (TPSA) is 31.4 Å². The summed E-state index contributed by atoms with van der Waals surface area (Å²) in [5.41, 5.74) is 4.99. The van der Waals surface area contributed by atoms with Gasteiger partial charge in [-0.25, -0.2) is 0 Å². The summed E-state index contributed by atoms with van der Waals surface area (Å²) in [4.78, 5) is 2.50. The predicted octanol–water partition coefficient (Wildman–Crippen LogP) is 6.23. The van der Waals surface area contributed by atoms with E-state index in [1.807, 2.05) is 6.07 Å². The molecule has 2 atom stereocenters. The quantitative estimate of drug-likeness (QED) is 0.521. The van der Waals surface area contributed by atoms with E-state index in [1.54, 1.807) is 0 Å². The molecule has 3 aliphatic rings. The zero-order chi connectivity index (χ0) is 18.3. The van der Waals surface area contributed by atoms with Crippen molar-refractivity contribution in [1.29, 1.82) is 0 Å². The van der Waals surface area contributed by atoms with Crippen LogP contribution in [-0.4, -0.2) is 37.6 Å². The first-order valence-electron chi connectivity index (χ1n) is 9.21. The molecular weight excluding hydrogens is 433 g/mol. The molecule has 4 rings (SSSR count). The number of hydrogen-bond acceptors (Lipinski definition) is 1. The second kappa shape index (κ2) is 7.84. The van der Waals surface area contributed by atoms with E-state index in [2.05, 4.69) is 45.2 Å². The number of allylic oxidation sites excluding steroid dienone is 2. The zero-order valence-electron chi connectivity index (χ0n) is 14.8. The summed E-state index contributed by atoms with van der Waals surface area (Å²) >= 11 is 16.8. The molecule has 0 radical (unpaired) electrons. The molecule has 0 saturated carbocycles. The third-order valence-corrected chi connectivity index (χ3v) is 6.59. The highest BCUT2D eigenvalue weighted by atomic mass is 79.9. The van der Waals surface area contributed by atoms with Gasteiger partial charge >= 0.3 is 0 Å². The van der Waals surface area contributed by atoms with E-state index < -0.39 is 0 Å². The van der Waals surface area contributed by atoms with Crippen molar-refractivity contribution in [2.45, 2.75) is 25.8 Å². The third kappa shape index (κ3) is 3.47. The molecule has 2 unspecified atom stereocenters. The lowest BCUT2D eigenvalue weighted by Gasteiger charge is -2.47. The highest BCUT2D eigenvalue weighted by Crippen LogP contribution is 2.48. The summed E-state index contributed by atoms with van der Waals surface area (Å²) in [7, 11) is 0. The van der Waals surface area contributed by atoms with Gasteiger partial charge in [0.2, 0.25) is 0 Å². The normalized spacial score (nSPS) is 26.5. The van der Waals surface area contributed by atoms with Gasteiger partial charge in [0.1, 0.15) is 0 Å². The smallest absolute Gasteiger partial charge is 0.0474 e. The molecule has 0 bridgehead atoms. The van der Waals surface area contributed by atoms with Crippen molar-refractivity contribution in [1.82, 2.24) is 4.90 Å². The van der Waals surface area contributed by atoms with Gasteiger partial charge in [0.05, 0.1) is 0 Å². The lowest BCUT2D eigenvalue weighted by atomic mass is 9.89. The summed E-state index contributed by atoms with van der Waals surface area (Å²) in [5, 5.41) is 11.0. The molecule has 0 spiro atoms. The Morgan fingerprint density at radius 3 is 2.73 bits per heavy atom. The van der Waals surface area contributed by atoms with Crippen LogP contribution in [0.1, 0.15) is 30.5 Å². The molecule has 1 aromatic carbocycles. The predicted molar refractivity (Wildman–Crippen MR) is 114 cm³/mol. The molecule has 1 fully saturated rings. The number of halogens is 3. The number of nitrogens with zero attached hydrogens (tertiary/aromatic N) is 3. The first-order chi connectivity index (χ1) is 12.6. The lowest BCUT2D eigenvalue weighted by Crippen LogP contribution is -2.39. The highest BCUT2D eigenvalue weighted by Gasteiger charge is 2.32. The van der Waals surface area contributed by atoms with Gasteiger partial charge in [-0.05, 0) is 59.6 Å². The average Bonchev–Trinajstić information content (AvgIpc) is 2.76. The van der Waals surface area contributed by atoms with Crippen LogP contribution >= 0.6 is 39.1 Å². The maximum atomic E-state index is 6.76. The summed E-state index contributed by atoms with van der Waals surface area (Å²) < 4.78 is 1.15. The molecule has 0 amide bonds. The van der Waals surface area contributed by atoms with Crippen molar-refractivity contribution in [3.63, 3.8) is 0 Å². The first-order valence-corrected chi connectivity index (χ1v) is 10.8. The Morgan fingerprint density at radius 2 is 2.00 bits per heavy atom. The van der Waals surface area contributed by atoms with Gasteiger partial charge in [-0.3, -0.25) is 4.90 Å². The summed E-state index contributed by atoms with van der Waals surface area (Å²) in [6, 6.07) is 4.07. The molecule has 1 aromatic rings. The van der Waals surface area contributed by atoms with E-state index >= 15 is 0 Å². The van der Waals surface area contributed by atoms with Crippen LogP contribution < -0.4 is 0 Å². The molecule has 0 N–H and O–H groups in total. The van der Waals surface area contributed by atoms with E-state index in [0.717, 1.165) is 48.5 Å². The van der Waals surface area contributed by atoms with Crippen LogP contribution in [0, 0.1) is 5.92 Å². The van der Waals surface area contributed by atoms with Crippen LogP contribution in [0.3, 0.4) is 0 Å². The number of hydrogen-bond donors (Lipinski definition) is 0. The Bertz CT molecular complexity index is 769. The maximum absolute atomic E-state index is 6.76. The van der Waals surface area contributed by atoms with Crippen LogP contribution in [0.4, 0.5) is 0 Å². The standard InChI is InChI=1S/C20H22BrCl2N3/c1-2-12-7-13-8-15(22)10-17(23)18(13)20(26-5-3-24-4-6-26)19-16(12)9-14(21)11-25-19/h8-10,12,20H,2-7,11H2,1H3/q-2. The molecule has 6 heteroatoms. The van der Waals surface area contributed by atoms with Crippen LogP contribution in [0.15, 0.2) is 34.0 Å². The molecule has 1 saturated heterocycles. The molecule has 1 aliphatic carbocycles. The van der Waals surface area contributed by atoms with E-state index in [0.29, 0.717) is 17.5 Å². The molecule has 2 aliphatic heterocycles. The SMILES string of the molecule is CCC1Cc2cc(Cl)cc(Cl)c2C(N2CC[N-]CC2)C2=C1C=C(Br)C[N-]2. The minimum atomic E-state index is 0.0914. The monoisotopic (exact) mass is 453 g/mol. The molecule has 140 valence electrons. The molecule has 3 nitrogen and oxygen atoms in total. The zero-order valence-corrected chi connectivity index (χ0v) is 17.9. The fourth-order valence-corrected chi connectivity index (χ4v) is 5.35. The van der Waals surface area contributed by atoms with Crippen LogP contribution in [0.25, 0.3) is 10.6 Å². The summed E-state index contributed by atoms with van der Waals surface area (Å²) in [6.45, 7) is 6.57. The van der Waals surface area contributed by atoms with Crippen molar-refractivity contribution in [2.24, 2.45) is 5.92 Å². The molecule has 2 heterocycles. The Morgan fingerprint density at radius 1 is 1.23 bits per heavy atom. The molecule has 26 heavy (non-hydrogen) atoms. The van der Waals surface area contributed by atoms with Crippen molar-refractivity contribution in [3.05, 3.63) is 65.8 Å². The number of benzene rings is 1. The van der Waals surface area contributed by atoms with E-state index in [-0.39, 0.29) is 6.04 Å². The third-order valence-electron chi connectivity index (χ3n) is 5.58. The van der Waals surface area contributed by atoms with Crippen molar-refractivity contribution in [3.8, 4) is 0 Å². The summed E-state index contributed by atoms with van der Waals surface area (Å²) in [6.07, 6.45) is 4.31. The van der Waals surface area contributed by atoms with Crippen molar-refractivity contribution < 1.29 is 0 Å². The van der Waals surface area contributed by atoms with Gasteiger partial charge in [-0.15, -0.1) is 18.8 Å². The second-order valence-corrected chi connectivity index (χ2v) is 8.99. The van der Waals surface area contributed by atoms with Gasteiger partial charge in [-0.2, -0.15) is 0 Å². The Balaban J connectivity index is 1.92. The van der Waals surface area contributed by atoms with Crippen LogP contribution in [0.2, 0.25) is 10.0 Å². The van der Waals surface area contributed by atoms with Gasteiger partial charge in [0, 0.05) is 16.1 Å². The van der Waals surface area contributed by atoms with Crippen LogP contribution in [-0.2, 0) is 6.42 Å². The maximum Gasteiger partial charge on any atom is 0.0474 e. The van der Waals surface area contributed by atoms with E-state index in [1.165, 1.54) is 22.4 Å². The van der Waals surface area contributed by atoms with Crippen molar-refractivity contribution in [2.75, 3.05) is 32.7 Å². The lowest BCUT2D eigenvalue weighted by molar-refractivity contribution is 0.227. The van der Waals surface area contributed by atoms with Gasteiger partial charge in [0.25, 0.3) is 0 Å². The molecule has 0 aromatic heterocycles. The summed E-state index contributed by atoms with van der Waals surface area (Å²) in [5.74, 6) is 0.425. The minimum absolute atomic E-state index is 0.0914. The van der Waals surface area contributed by atoms with Gasteiger partial charge in [0.15, 0.2) is 0 Å². The second-order valence-electron chi connectivity index (χ2n) is 7.13. The highest BCUT2D eigenvalue weighted by molar-refractivity contribution is 9.11. The molecular formula is C20H22BrCl2N3-2. The fraction of sp³-hybridized carbons (Fsp3) is 0.500. The van der Waals surface area contributed by atoms with Gasteiger partial charge in [-0.1, -0.05) is 64.2 Å². The van der Waals surface area contributed by atoms with E-state index in [4.69, 9.17) is 28.5 Å². The number of rotatable bonds is 2. The Hall–Kier alpha value is -0.520. The Labute approximate surface area is 173 Å². The number of piperazine rings is 1. The van der Waals surface area contributed by atoms with Gasteiger partial charge < -0.3 is 10.6 Å². The average molecular weight is 455 g/mol. The van der Waals surface area contributed by atoms with Crippen LogP contribution in [0.5, 0.6) is 0 Å². The largest absolute Gasteiger partial charge is 0.682 e. The minimum Gasteiger partial charge on any atom is -0.682 e. The van der Waals surface area contributed by atoms with E-state index in [9.17, 15) is 0 Å².